The van der Waals surface area contributed by atoms with Gasteiger partial charge in [-0.15, -0.1) is 0 Å². The minimum atomic E-state index is -3.56. The summed E-state index contributed by atoms with van der Waals surface area (Å²) in [7, 11) is -3.56. The van der Waals surface area contributed by atoms with Crippen LogP contribution >= 0.6 is 0 Å². The Morgan fingerprint density at radius 1 is 0.958 bits per heavy atom. The number of amides is 1. The fraction of sp³-hybridized carbons (Fsp3) is 0.235. The maximum atomic E-state index is 12.8. The molecule has 0 saturated heterocycles. The molecule has 1 amide bonds. The Balaban J connectivity index is 1.72. The molecule has 2 aromatic carbocycles. The topological polar surface area (TPSA) is 75.3 Å². The Labute approximate surface area is 141 Å². The maximum absolute atomic E-state index is 12.8. The monoisotopic (exact) mass is 350 g/mol. The van der Waals surface area contributed by atoms with Crippen LogP contribution in [0.3, 0.4) is 0 Å². The number of sulfonamides is 1. The Morgan fingerprint density at radius 3 is 2.29 bits per heavy atom. The zero-order valence-corrected chi connectivity index (χ0v) is 13.9. The van der Waals surface area contributed by atoms with Crippen LogP contribution in [0.5, 0.6) is 0 Å². The lowest BCUT2D eigenvalue weighted by atomic mass is 10.2. The number of hydrogen-bond donors (Lipinski definition) is 2. The smallest absolute Gasteiger partial charge is 0.221 e. The van der Waals surface area contributed by atoms with Crippen molar-refractivity contribution in [1.29, 1.82) is 0 Å². The third-order valence-corrected chi connectivity index (χ3v) is 4.63. The molecule has 24 heavy (non-hydrogen) atoms. The van der Waals surface area contributed by atoms with Gasteiger partial charge in [-0.25, -0.2) is 17.5 Å². The number of hydrogen-bond acceptors (Lipinski definition) is 3. The van der Waals surface area contributed by atoms with Gasteiger partial charge < -0.3 is 5.32 Å². The van der Waals surface area contributed by atoms with Crippen molar-refractivity contribution in [3.63, 3.8) is 0 Å². The molecule has 2 N–H and O–H groups in total. The van der Waals surface area contributed by atoms with E-state index in [9.17, 15) is 17.6 Å². The average Bonchev–Trinajstić information content (AvgIpc) is 2.56. The van der Waals surface area contributed by atoms with Gasteiger partial charge in [0.15, 0.2) is 0 Å². The summed E-state index contributed by atoms with van der Waals surface area (Å²) < 4.78 is 39.0. The second kappa shape index (κ2) is 8.56. The molecule has 0 aromatic heterocycles. The SMILES string of the molecule is O=C(CCNS(=O)(=O)Cc1ccc(F)cc1)NCc1ccccc1. The lowest BCUT2D eigenvalue weighted by Gasteiger charge is -2.08. The fourth-order valence-electron chi connectivity index (χ4n) is 2.06. The Morgan fingerprint density at radius 2 is 1.62 bits per heavy atom. The van der Waals surface area contributed by atoms with E-state index < -0.39 is 15.8 Å². The van der Waals surface area contributed by atoms with Crippen LogP contribution in [0.1, 0.15) is 17.5 Å². The third-order valence-electron chi connectivity index (χ3n) is 3.28. The average molecular weight is 350 g/mol. The van der Waals surface area contributed by atoms with E-state index >= 15 is 0 Å². The van der Waals surface area contributed by atoms with E-state index in [1.807, 2.05) is 30.3 Å². The van der Waals surface area contributed by atoms with Gasteiger partial charge in [-0.1, -0.05) is 42.5 Å². The number of carbonyl (C=O) groups is 1. The molecular weight excluding hydrogens is 331 g/mol. The van der Waals surface area contributed by atoms with Crippen LogP contribution in [0.25, 0.3) is 0 Å². The molecule has 0 heterocycles. The predicted octanol–water partition coefficient (Wildman–Crippen LogP) is 1.95. The van der Waals surface area contributed by atoms with Crippen molar-refractivity contribution in [3.8, 4) is 0 Å². The van der Waals surface area contributed by atoms with E-state index in [1.165, 1.54) is 24.3 Å². The normalized spacial score (nSPS) is 11.2. The predicted molar refractivity (Wildman–Crippen MR) is 89.9 cm³/mol. The van der Waals surface area contributed by atoms with Crippen molar-refractivity contribution >= 4 is 15.9 Å². The summed E-state index contributed by atoms with van der Waals surface area (Å²) in [4.78, 5) is 11.7. The fourth-order valence-corrected chi connectivity index (χ4v) is 3.20. The molecule has 128 valence electrons. The summed E-state index contributed by atoms with van der Waals surface area (Å²) in [5, 5.41) is 2.73. The molecule has 0 aliphatic carbocycles. The Kier molecular flexibility index (Phi) is 6.45. The summed E-state index contributed by atoms with van der Waals surface area (Å²) in [5.41, 5.74) is 1.46. The molecule has 2 aromatic rings. The second-order valence-corrected chi connectivity index (χ2v) is 7.10. The van der Waals surface area contributed by atoms with E-state index in [4.69, 9.17) is 0 Å². The van der Waals surface area contributed by atoms with Gasteiger partial charge in [-0.05, 0) is 23.3 Å². The molecule has 5 nitrogen and oxygen atoms in total. The number of carbonyl (C=O) groups excluding carboxylic acids is 1. The van der Waals surface area contributed by atoms with Gasteiger partial charge in [0, 0.05) is 19.5 Å². The standard InChI is InChI=1S/C17H19FN2O3S/c18-16-8-6-15(7-9-16)13-24(22,23)20-11-10-17(21)19-12-14-4-2-1-3-5-14/h1-9,20H,10-13H2,(H,19,21). The van der Waals surface area contributed by atoms with Crippen molar-refractivity contribution in [2.24, 2.45) is 0 Å². The van der Waals surface area contributed by atoms with Crippen molar-refractivity contribution in [2.45, 2.75) is 18.7 Å². The van der Waals surface area contributed by atoms with Crippen LogP contribution in [0.2, 0.25) is 0 Å². The number of rotatable bonds is 8. The molecule has 0 aliphatic rings. The molecular formula is C17H19FN2O3S. The van der Waals surface area contributed by atoms with Crippen LogP contribution in [0.4, 0.5) is 4.39 Å². The molecule has 0 fully saturated rings. The quantitative estimate of drug-likeness (QED) is 0.764. The molecule has 0 bridgehead atoms. The highest BCUT2D eigenvalue weighted by molar-refractivity contribution is 7.88. The minimum Gasteiger partial charge on any atom is -0.352 e. The highest BCUT2D eigenvalue weighted by Gasteiger charge is 2.12. The van der Waals surface area contributed by atoms with Gasteiger partial charge >= 0.3 is 0 Å². The lowest BCUT2D eigenvalue weighted by Crippen LogP contribution is -2.31. The first kappa shape index (κ1) is 18.1. The number of benzene rings is 2. The van der Waals surface area contributed by atoms with Gasteiger partial charge in [0.05, 0.1) is 5.75 Å². The van der Waals surface area contributed by atoms with Crippen LogP contribution < -0.4 is 10.0 Å². The van der Waals surface area contributed by atoms with Crippen LogP contribution in [0.15, 0.2) is 54.6 Å². The van der Waals surface area contributed by atoms with Crippen molar-refractivity contribution < 1.29 is 17.6 Å². The van der Waals surface area contributed by atoms with Gasteiger partial charge in [0.2, 0.25) is 15.9 Å². The van der Waals surface area contributed by atoms with Crippen LogP contribution in [-0.2, 0) is 27.1 Å². The molecule has 0 saturated carbocycles. The molecule has 0 aliphatic heterocycles. The molecule has 0 spiro atoms. The van der Waals surface area contributed by atoms with E-state index in [2.05, 4.69) is 10.0 Å². The largest absolute Gasteiger partial charge is 0.352 e. The maximum Gasteiger partial charge on any atom is 0.221 e. The molecule has 0 atom stereocenters. The number of nitrogens with one attached hydrogen (secondary N) is 2. The zero-order valence-electron chi connectivity index (χ0n) is 13.0. The van der Waals surface area contributed by atoms with E-state index in [0.29, 0.717) is 12.1 Å². The first-order valence-corrected chi connectivity index (χ1v) is 9.12. The van der Waals surface area contributed by atoms with Crippen LogP contribution in [0, 0.1) is 5.82 Å². The first-order valence-electron chi connectivity index (χ1n) is 7.47. The summed E-state index contributed by atoms with van der Waals surface area (Å²) >= 11 is 0. The zero-order chi connectivity index (χ0) is 17.4. The lowest BCUT2D eigenvalue weighted by molar-refractivity contribution is -0.121. The number of halogens is 1. The first-order chi connectivity index (χ1) is 11.4. The van der Waals surface area contributed by atoms with Crippen molar-refractivity contribution in [3.05, 3.63) is 71.5 Å². The Hall–Kier alpha value is -2.25. The van der Waals surface area contributed by atoms with Gasteiger partial charge in [-0.2, -0.15) is 0 Å². The summed E-state index contributed by atoms with van der Waals surface area (Å²) in [6, 6.07) is 14.7. The van der Waals surface area contributed by atoms with E-state index in [1.54, 1.807) is 0 Å². The van der Waals surface area contributed by atoms with E-state index in [-0.39, 0.29) is 24.6 Å². The van der Waals surface area contributed by atoms with Crippen molar-refractivity contribution in [2.75, 3.05) is 6.54 Å². The summed E-state index contributed by atoms with van der Waals surface area (Å²) in [6.45, 7) is 0.423. The molecule has 0 radical (unpaired) electrons. The third kappa shape index (κ3) is 6.47. The second-order valence-electron chi connectivity index (χ2n) is 5.29. The highest BCUT2D eigenvalue weighted by Crippen LogP contribution is 2.06. The minimum absolute atomic E-state index is 0.0180. The van der Waals surface area contributed by atoms with Gasteiger partial charge in [0.25, 0.3) is 0 Å². The summed E-state index contributed by atoms with van der Waals surface area (Å²) in [5.74, 6) is -0.902. The van der Waals surface area contributed by atoms with Gasteiger partial charge in [-0.3, -0.25) is 4.79 Å². The van der Waals surface area contributed by atoms with Crippen molar-refractivity contribution in [1.82, 2.24) is 10.0 Å². The summed E-state index contributed by atoms with van der Waals surface area (Å²) in [6.07, 6.45) is 0.0511. The Bertz CT molecular complexity index is 762. The van der Waals surface area contributed by atoms with E-state index in [0.717, 1.165) is 5.56 Å². The molecule has 0 unspecified atom stereocenters. The molecule has 2 rings (SSSR count). The highest BCUT2D eigenvalue weighted by atomic mass is 32.2. The molecule has 7 heteroatoms. The van der Waals surface area contributed by atoms with Gasteiger partial charge in [0.1, 0.15) is 5.82 Å². The van der Waals surface area contributed by atoms with Crippen LogP contribution in [-0.4, -0.2) is 20.9 Å².